The molecule has 0 amide bonds. The van der Waals surface area contributed by atoms with Gasteiger partial charge in [-0.25, -0.2) is 9.36 Å². The summed E-state index contributed by atoms with van der Waals surface area (Å²) in [6, 6.07) is 84.6. The van der Waals surface area contributed by atoms with Crippen LogP contribution in [0.2, 0.25) is 0 Å². The van der Waals surface area contributed by atoms with Crippen LogP contribution in [0.15, 0.2) is 261 Å². The molecule has 70 heavy (non-hydrogen) atoms. The van der Waals surface area contributed by atoms with E-state index in [0.717, 1.165) is 101 Å². The van der Waals surface area contributed by atoms with Crippen LogP contribution < -0.4 is 0 Å². The Morgan fingerprint density at radius 1 is 0.243 bits per heavy atom. The van der Waals surface area contributed by atoms with Gasteiger partial charge in [0, 0.05) is 28.5 Å². The summed E-state index contributed by atoms with van der Waals surface area (Å²) in [5.41, 5.74) is 20.5. The number of rotatable bonds is 11. The molecule has 3 aromatic heterocycles. The predicted octanol–water partition coefficient (Wildman–Crippen LogP) is 15.2. The zero-order valence-corrected chi connectivity index (χ0v) is 38.0. The van der Waals surface area contributed by atoms with Crippen LogP contribution in [0, 0.1) is 0 Å². The average Bonchev–Trinajstić information content (AvgIpc) is 4.16. The lowest BCUT2D eigenvalue weighted by Gasteiger charge is -2.17. The topological polar surface area (TPSA) is 74.3 Å². The van der Waals surface area contributed by atoms with E-state index in [0.29, 0.717) is 0 Å². The average molecular weight is 898 g/mol. The third-order valence-corrected chi connectivity index (χ3v) is 12.8. The highest BCUT2D eigenvalue weighted by Crippen LogP contribution is 2.42. The maximum absolute atomic E-state index is 5.09. The summed E-state index contributed by atoms with van der Waals surface area (Å²) in [6.45, 7) is 0. The SMILES string of the molecule is c1ccc(-c2ccc(-c3cccc(-c4ccc(-c5ccccc5-c5cc(-c6ccccc6-c6cn(-c7ccccc7)nn6)cc(-c6ccccc6-c6cn(-c7ccccc7)nn6)c5)cn4)c3)cc2)cc1. The van der Waals surface area contributed by atoms with Gasteiger partial charge >= 0.3 is 0 Å². The highest BCUT2D eigenvalue weighted by atomic mass is 15.4. The lowest BCUT2D eigenvalue weighted by Crippen LogP contribution is -1.93. The number of pyridine rings is 1. The molecule has 0 N–H and O–H groups in total. The Labute approximate surface area is 406 Å². The monoisotopic (exact) mass is 897 g/mol. The van der Waals surface area contributed by atoms with Crippen LogP contribution >= 0.6 is 0 Å². The van der Waals surface area contributed by atoms with Gasteiger partial charge in [0.05, 0.1) is 29.5 Å². The van der Waals surface area contributed by atoms with Gasteiger partial charge in [-0.2, -0.15) is 0 Å². The Balaban J connectivity index is 0.939. The molecule has 0 atom stereocenters. The molecule has 7 nitrogen and oxygen atoms in total. The Hall–Kier alpha value is -9.59. The minimum atomic E-state index is 0.780. The first-order chi connectivity index (χ1) is 34.7. The van der Waals surface area contributed by atoms with Gasteiger partial charge in [0.15, 0.2) is 0 Å². The largest absolute Gasteiger partial charge is 0.256 e. The van der Waals surface area contributed by atoms with Gasteiger partial charge in [0.25, 0.3) is 0 Å². The standard InChI is InChI=1S/C63H43N7/c1-4-17-44(18-5-1)45-31-33-46(34-32-45)47-19-16-20-48(37-47)61-36-35-49(41-64-61)55-25-10-11-26-56(55)50-38-51(57-27-12-14-29-59(57)62-42-69(67-65-62)53-21-6-2-7-22-53)40-52(39-50)58-28-13-15-30-60(58)63-43-70(68-66-63)54-23-8-3-9-24-54/h1-43H. The van der Waals surface area contributed by atoms with E-state index in [1.165, 1.54) is 11.1 Å². The molecule has 12 rings (SSSR count). The number of aromatic nitrogens is 7. The van der Waals surface area contributed by atoms with Crippen LogP contribution in [0.25, 0.3) is 112 Å². The van der Waals surface area contributed by atoms with Gasteiger partial charge in [-0.15, -0.1) is 10.2 Å². The molecule has 0 unspecified atom stereocenters. The molecule has 0 spiro atoms. The summed E-state index contributed by atoms with van der Waals surface area (Å²) < 4.78 is 3.65. The number of hydrogen-bond acceptors (Lipinski definition) is 5. The molecule has 7 heteroatoms. The van der Waals surface area contributed by atoms with Gasteiger partial charge < -0.3 is 0 Å². The van der Waals surface area contributed by atoms with E-state index < -0.39 is 0 Å². The zero-order valence-electron chi connectivity index (χ0n) is 38.0. The van der Waals surface area contributed by atoms with Crippen molar-refractivity contribution in [1.29, 1.82) is 0 Å². The van der Waals surface area contributed by atoms with Crippen molar-refractivity contribution in [2.45, 2.75) is 0 Å². The minimum absolute atomic E-state index is 0.780. The summed E-state index contributed by atoms with van der Waals surface area (Å²) in [5, 5.41) is 18.5. The second kappa shape index (κ2) is 18.6. The van der Waals surface area contributed by atoms with Crippen molar-refractivity contribution in [2.24, 2.45) is 0 Å². The normalized spacial score (nSPS) is 11.1. The molecule has 0 saturated carbocycles. The minimum Gasteiger partial charge on any atom is -0.256 e. The quantitative estimate of drug-likeness (QED) is 0.129. The van der Waals surface area contributed by atoms with Gasteiger partial charge in [-0.1, -0.05) is 198 Å². The molecule has 0 aliphatic carbocycles. The summed E-state index contributed by atoms with van der Waals surface area (Å²) in [4.78, 5) is 5.09. The van der Waals surface area contributed by atoms with E-state index in [-0.39, 0.29) is 0 Å². The Kier molecular flexibility index (Phi) is 11.1. The summed E-state index contributed by atoms with van der Waals surface area (Å²) in [7, 11) is 0. The smallest absolute Gasteiger partial charge is 0.114 e. The van der Waals surface area contributed by atoms with Crippen molar-refractivity contribution in [1.82, 2.24) is 35.0 Å². The Morgan fingerprint density at radius 3 is 1.09 bits per heavy atom. The Morgan fingerprint density at radius 2 is 0.600 bits per heavy atom. The summed E-state index contributed by atoms with van der Waals surface area (Å²) in [6.07, 6.45) is 5.99. The number of para-hydroxylation sites is 2. The number of nitrogens with zero attached hydrogens (tertiary/aromatic N) is 7. The van der Waals surface area contributed by atoms with Crippen LogP contribution in [0.4, 0.5) is 0 Å². The molecule has 330 valence electrons. The van der Waals surface area contributed by atoms with Crippen molar-refractivity contribution >= 4 is 0 Å². The highest BCUT2D eigenvalue weighted by Gasteiger charge is 2.19. The summed E-state index contributed by atoms with van der Waals surface area (Å²) in [5.74, 6) is 0. The maximum atomic E-state index is 5.09. The fourth-order valence-corrected chi connectivity index (χ4v) is 9.25. The molecular formula is C63H43N7. The molecule has 0 saturated heterocycles. The molecule has 0 aliphatic rings. The van der Waals surface area contributed by atoms with Gasteiger partial charge in [0.2, 0.25) is 0 Å². The van der Waals surface area contributed by atoms with E-state index in [1.54, 1.807) is 0 Å². The molecule has 3 heterocycles. The van der Waals surface area contributed by atoms with E-state index >= 15 is 0 Å². The van der Waals surface area contributed by atoms with Gasteiger partial charge in [-0.05, 0) is 116 Å². The molecule has 0 aliphatic heterocycles. The van der Waals surface area contributed by atoms with Crippen LogP contribution in [0.1, 0.15) is 0 Å². The fraction of sp³-hybridized carbons (Fsp3) is 0. The van der Waals surface area contributed by atoms with Gasteiger partial charge in [0.1, 0.15) is 11.4 Å². The lowest BCUT2D eigenvalue weighted by atomic mass is 9.87. The maximum Gasteiger partial charge on any atom is 0.114 e. The van der Waals surface area contributed by atoms with Crippen molar-refractivity contribution in [2.75, 3.05) is 0 Å². The third-order valence-electron chi connectivity index (χ3n) is 12.8. The molecule has 0 bridgehead atoms. The van der Waals surface area contributed by atoms with Crippen molar-refractivity contribution in [3.05, 3.63) is 261 Å². The lowest BCUT2D eigenvalue weighted by molar-refractivity contribution is 0.804. The first-order valence-electron chi connectivity index (χ1n) is 23.3. The predicted molar refractivity (Wildman–Crippen MR) is 283 cm³/mol. The third kappa shape index (κ3) is 8.40. The molecular weight excluding hydrogens is 855 g/mol. The first-order valence-corrected chi connectivity index (χ1v) is 23.3. The Bertz CT molecular complexity index is 3610. The zero-order chi connectivity index (χ0) is 46.6. The van der Waals surface area contributed by atoms with Crippen LogP contribution in [-0.2, 0) is 0 Å². The van der Waals surface area contributed by atoms with Crippen LogP contribution in [0.3, 0.4) is 0 Å². The van der Waals surface area contributed by atoms with Gasteiger partial charge in [-0.3, -0.25) is 4.98 Å². The fourth-order valence-electron chi connectivity index (χ4n) is 9.25. The van der Waals surface area contributed by atoms with Crippen LogP contribution in [0.5, 0.6) is 0 Å². The second-order valence-corrected chi connectivity index (χ2v) is 17.2. The van der Waals surface area contributed by atoms with Crippen LogP contribution in [-0.4, -0.2) is 35.0 Å². The second-order valence-electron chi connectivity index (χ2n) is 17.2. The van der Waals surface area contributed by atoms with E-state index in [4.69, 9.17) is 15.2 Å². The highest BCUT2D eigenvalue weighted by molar-refractivity contribution is 5.93. The molecule has 12 aromatic rings. The van der Waals surface area contributed by atoms with E-state index in [2.05, 4.69) is 186 Å². The molecule has 9 aromatic carbocycles. The van der Waals surface area contributed by atoms with Crippen molar-refractivity contribution in [3.63, 3.8) is 0 Å². The van der Waals surface area contributed by atoms with Crippen molar-refractivity contribution < 1.29 is 0 Å². The van der Waals surface area contributed by atoms with Crippen molar-refractivity contribution in [3.8, 4) is 112 Å². The van der Waals surface area contributed by atoms with E-state index in [9.17, 15) is 0 Å². The number of benzene rings is 9. The summed E-state index contributed by atoms with van der Waals surface area (Å²) >= 11 is 0. The number of hydrogen-bond donors (Lipinski definition) is 0. The first kappa shape index (κ1) is 41.8. The molecule has 0 radical (unpaired) electrons. The van der Waals surface area contributed by atoms with E-state index in [1.807, 2.05) is 94.7 Å². The molecule has 0 fully saturated rings.